The molecule has 1 aliphatic carbocycles. The summed E-state index contributed by atoms with van der Waals surface area (Å²) < 4.78 is 36.6. The Hall–Kier alpha value is -5.08. The normalized spacial score (nSPS) is 16.6. The molecule has 2 aliphatic heterocycles. The zero-order valence-electron chi connectivity index (χ0n) is 24.3. The summed E-state index contributed by atoms with van der Waals surface area (Å²) in [5.74, 6) is -1.74. The summed E-state index contributed by atoms with van der Waals surface area (Å²) in [7, 11) is 0. The molecule has 3 aliphatic rings. The zero-order valence-corrected chi connectivity index (χ0v) is 24.3. The van der Waals surface area contributed by atoms with Crippen molar-refractivity contribution in [2.45, 2.75) is 38.2 Å². The van der Waals surface area contributed by atoms with Crippen LogP contribution in [0.1, 0.15) is 58.8 Å². The van der Waals surface area contributed by atoms with Crippen LogP contribution in [0.4, 0.5) is 14.5 Å². The number of halogens is 2. The number of aromatic nitrogens is 2. The van der Waals surface area contributed by atoms with Crippen LogP contribution in [0.15, 0.2) is 48.7 Å². The van der Waals surface area contributed by atoms with Gasteiger partial charge >= 0.3 is 0 Å². The predicted molar refractivity (Wildman–Crippen MR) is 162 cm³/mol. The second-order valence-electron chi connectivity index (χ2n) is 11.5. The predicted octanol–water partition coefficient (Wildman–Crippen LogP) is 5.45. The molecule has 1 saturated carbocycles. The summed E-state index contributed by atoms with van der Waals surface area (Å²) in [6, 6.07) is 11.1. The number of carbonyl (C=O) groups is 2. The van der Waals surface area contributed by atoms with Crippen molar-refractivity contribution in [1.29, 1.82) is 5.26 Å². The van der Waals surface area contributed by atoms with Crippen molar-refractivity contribution in [2.75, 3.05) is 31.1 Å². The molecule has 0 unspecified atom stereocenters. The Balaban J connectivity index is 1.27. The number of pyridine rings is 1. The van der Waals surface area contributed by atoms with Gasteiger partial charge < -0.3 is 24.6 Å². The number of hydrogen-bond acceptors (Lipinski definition) is 6. The minimum atomic E-state index is -0.682. The van der Waals surface area contributed by atoms with Gasteiger partial charge in [0.1, 0.15) is 41.6 Å². The first-order valence-corrected chi connectivity index (χ1v) is 14.9. The van der Waals surface area contributed by atoms with Crippen LogP contribution in [-0.2, 0) is 11.4 Å². The fraction of sp³-hybridized carbons (Fsp3) is 0.294. The van der Waals surface area contributed by atoms with Gasteiger partial charge in [-0.15, -0.1) is 0 Å². The molecule has 45 heavy (non-hydrogen) atoms. The molecule has 0 radical (unpaired) electrons. The minimum absolute atomic E-state index is 0.0315. The number of nitrogens with one attached hydrogen (secondary N) is 1. The molecule has 2 aromatic carbocycles. The number of hydrogen-bond donors (Lipinski definition) is 2. The number of nitriles is 1. The molecule has 0 atom stereocenters. The van der Waals surface area contributed by atoms with E-state index in [-0.39, 0.29) is 48.4 Å². The number of aromatic amines is 1. The van der Waals surface area contributed by atoms with Crippen LogP contribution in [0.25, 0.3) is 27.7 Å². The highest BCUT2D eigenvalue weighted by Crippen LogP contribution is 2.44. The maximum absolute atomic E-state index is 15.4. The average molecular weight is 610 g/mol. The lowest BCUT2D eigenvalue weighted by atomic mass is 9.95. The minimum Gasteiger partial charge on any atom is -0.491 e. The van der Waals surface area contributed by atoms with Crippen LogP contribution < -0.4 is 9.64 Å². The quantitative estimate of drug-likeness (QED) is 0.300. The molecule has 0 saturated heterocycles. The van der Waals surface area contributed by atoms with Crippen molar-refractivity contribution in [2.24, 2.45) is 0 Å². The highest BCUT2D eigenvalue weighted by Gasteiger charge is 2.33. The van der Waals surface area contributed by atoms with E-state index in [0.29, 0.717) is 47.2 Å². The van der Waals surface area contributed by atoms with Gasteiger partial charge in [0.15, 0.2) is 0 Å². The van der Waals surface area contributed by atoms with E-state index in [1.165, 1.54) is 23.1 Å². The number of ether oxygens (including phenoxy) is 1. The number of carbonyl (C=O) groups excluding carboxylic acids is 2. The number of H-pyrrole nitrogens is 1. The van der Waals surface area contributed by atoms with E-state index in [4.69, 9.17) is 10.00 Å². The molecule has 2 N–H and O–H groups in total. The number of aliphatic hydroxyl groups is 1. The molecular formula is C34H29F2N5O4. The lowest BCUT2D eigenvalue weighted by Gasteiger charge is -2.25. The first kappa shape index (κ1) is 28.7. The molecule has 9 nitrogen and oxygen atoms in total. The molecule has 4 aromatic rings. The van der Waals surface area contributed by atoms with E-state index >= 15 is 8.78 Å². The lowest BCUT2D eigenvalue weighted by molar-refractivity contribution is -0.129. The Bertz CT molecular complexity index is 1940. The molecule has 2 amide bonds. The molecule has 0 spiro atoms. The average Bonchev–Trinajstić information content (AvgIpc) is 3.82. The number of benzene rings is 2. The molecule has 228 valence electrons. The van der Waals surface area contributed by atoms with E-state index in [1.54, 1.807) is 23.2 Å². The van der Waals surface area contributed by atoms with Gasteiger partial charge in [0.2, 0.25) is 5.91 Å². The largest absolute Gasteiger partial charge is 0.491 e. The third kappa shape index (κ3) is 5.21. The number of amides is 2. The molecule has 11 heteroatoms. The van der Waals surface area contributed by atoms with Gasteiger partial charge in [-0.05, 0) is 83.8 Å². The number of anilines is 1. The highest BCUT2D eigenvalue weighted by molar-refractivity contribution is 6.09. The van der Waals surface area contributed by atoms with Gasteiger partial charge in [0, 0.05) is 35.9 Å². The summed E-state index contributed by atoms with van der Waals surface area (Å²) >= 11 is 0. The molecule has 4 heterocycles. The van der Waals surface area contributed by atoms with Gasteiger partial charge in [-0.2, -0.15) is 5.26 Å². The van der Waals surface area contributed by atoms with Crippen molar-refractivity contribution in [3.8, 4) is 22.9 Å². The summed E-state index contributed by atoms with van der Waals surface area (Å²) in [6.45, 7) is 0.447. The van der Waals surface area contributed by atoms with Gasteiger partial charge in [-0.1, -0.05) is 6.08 Å². The first-order valence-electron chi connectivity index (χ1n) is 14.9. The maximum Gasteiger partial charge on any atom is 0.265 e. The first-order chi connectivity index (χ1) is 21.9. The van der Waals surface area contributed by atoms with E-state index in [0.717, 1.165) is 29.7 Å². The zero-order chi connectivity index (χ0) is 31.2. The second kappa shape index (κ2) is 11.4. The second-order valence-corrected chi connectivity index (χ2v) is 11.5. The SMILES string of the molecule is N#CCC(=O)N1CC=C(c2cc3c(-c4cc(F)cc(N5CCOc6cc(C7CC7)cc(F)c6C5=O)c4CO)ccnc3[nH]2)CC1. The standard InChI is InChI=1S/C34H29F2N5O4/c35-22-15-24(23-4-8-38-33-25(23)17-28(39-33)20-5-9-40(10-6-20)31(43)3-7-37)26(18-42)29(16-22)41-11-12-45-30-14-21(19-1-2-19)13-27(36)32(30)34(41)44/h4-5,8,13-17,19,42H,1-3,6,9-12,18H2,(H,38,39). The Morgan fingerprint density at radius 1 is 1.16 bits per heavy atom. The van der Waals surface area contributed by atoms with E-state index < -0.39 is 24.1 Å². The monoisotopic (exact) mass is 609 g/mol. The van der Waals surface area contributed by atoms with E-state index in [2.05, 4.69) is 9.97 Å². The molecule has 2 aromatic heterocycles. The molecule has 0 bridgehead atoms. The lowest BCUT2D eigenvalue weighted by Crippen LogP contribution is -2.34. The summed E-state index contributed by atoms with van der Waals surface area (Å²) in [6.07, 6.45) is 5.86. The van der Waals surface area contributed by atoms with Crippen LogP contribution in [0, 0.1) is 23.0 Å². The van der Waals surface area contributed by atoms with Gasteiger partial charge in [0.25, 0.3) is 5.91 Å². The number of nitrogens with zero attached hydrogens (tertiary/aromatic N) is 4. The molecule has 1 fully saturated rings. The maximum atomic E-state index is 15.4. The van der Waals surface area contributed by atoms with Crippen LogP contribution in [-0.4, -0.2) is 58.0 Å². The van der Waals surface area contributed by atoms with Crippen molar-refractivity contribution in [1.82, 2.24) is 14.9 Å². The van der Waals surface area contributed by atoms with Crippen molar-refractivity contribution < 1.29 is 28.2 Å². The Labute approximate surface area is 257 Å². The van der Waals surface area contributed by atoms with Crippen LogP contribution in [0.2, 0.25) is 0 Å². The number of aliphatic hydroxyl groups excluding tert-OH is 1. The number of fused-ring (bicyclic) bond motifs is 2. The van der Waals surface area contributed by atoms with Crippen LogP contribution in [0.5, 0.6) is 5.75 Å². The smallest absolute Gasteiger partial charge is 0.265 e. The van der Waals surface area contributed by atoms with Crippen molar-refractivity contribution in [3.05, 3.63) is 82.7 Å². The fourth-order valence-electron chi connectivity index (χ4n) is 6.31. The van der Waals surface area contributed by atoms with Crippen LogP contribution >= 0.6 is 0 Å². The Morgan fingerprint density at radius 3 is 2.73 bits per heavy atom. The van der Waals surface area contributed by atoms with Gasteiger partial charge in [0.05, 0.1) is 24.9 Å². The summed E-state index contributed by atoms with van der Waals surface area (Å²) in [4.78, 5) is 36.6. The molecule has 7 rings (SSSR count). The summed E-state index contributed by atoms with van der Waals surface area (Å²) in [5.41, 5.74) is 4.31. The molecular weight excluding hydrogens is 580 g/mol. The van der Waals surface area contributed by atoms with E-state index in [1.807, 2.05) is 18.2 Å². The van der Waals surface area contributed by atoms with Gasteiger partial charge in [-0.25, -0.2) is 13.8 Å². The van der Waals surface area contributed by atoms with Crippen molar-refractivity contribution >= 4 is 34.1 Å². The number of rotatable bonds is 6. The third-order valence-corrected chi connectivity index (χ3v) is 8.76. The van der Waals surface area contributed by atoms with Crippen LogP contribution in [0.3, 0.4) is 0 Å². The topological polar surface area (TPSA) is 123 Å². The fourth-order valence-corrected chi connectivity index (χ4v) is 6.31. The van der Waals surface area contributed by atoms with Gasteiger partial charge in [-0.3, -0.25) is 9.59 Å². The van der Waals surface area contributed by atoms with Crippen molar-refractivity contribution in [3.63, 3.8) is 0 Å². The third-order valence-electron chi connectivity index (χ3n) is 8.76. The highest BCUT2D eigenvalue weighted by atomic mass is 19.1. The Kier molecular flexibility index (Phi) is 7.30. The summed E-state index contributed by atoms with van der Waals surface area (Å²) in [5, 5.41) is 20.2. The van der Waals surface area contributed by atoms with E-state index in [9.17, 15) is 14.7 Å². The Morgan fingerprint density at radius 2 is 2.00 bits per heavy atom.